The van der Waals surface area contributed by atoms with Crippen LogP contribution in [0.3, 0.4) is 0 Å². The van der Waals surface area contributed by atoms with Gasteiger partial charge in [-0.3, -0.25) is 4.68 Å². The lowest BCUT2D eigenvalue weighted by Crippen LogP contribution is -2.27. The van der Waals surface area contributed by atoms with E-state index in [-0.39, 0.29) is 6.04 Å². The first-order valence-corrected chi connectivity index (χ1v) is 5.57. The molecule has 1 atom stereocenters. The Labute approximate surface area is 91.6 Å². The van der Waals surface area contributed by atoms with E-state index in [0.717, 1.165) is 19.5 Å². The van der Waals surface area contributed by atoms with Gasteiger partial charge in [-0.2, -0.15) is 5.10 Å². The molecule has 0 bridgehead atoms. The molecule has 1 heterocycles. The third-order valence-corrected chi connectivity index (χ3v) is 2.33. The standard InChI is InChI=1S/C11H21N3O/c1-4-8-14-11(6-7-13-14)10(9-15-3)12-5-2/h6-7,10,12H,4-5,8-9H2,1-3H3. The molecule has 0 aliphatic heterocycles. The largest absolute Gasteiger partial charge is 0.383 e. The molecule has 1 aromatic heterocycles. The Hall–Kier alpha value is -0.870. The van der Waals surface area contributed by atoms with Gasteiger partial charge in [-0.25, -0.2) is 0 Å². The van der Waals surface area contributed by atoms with Gasteiger partial charge in [-0.15, -0.1) is 0 Å². The topological polar surface area (TPSA) is 39.1 Å². The number of likely N-dealkylation sites (N-methyl/N-ethyl adjacent to an activating group) is 1. The van der Waals surface area contributed by atoms with Gasteiger partial charge in [-0.05, 0) is 19.0 Å². The summed E-state index contributed by atoms with van der Waals surface area (Å²) in [7, 11) is 1.73. The molecule has 1 rings (SSSR count). The first-order chi connectivity index (χ1) is 7.33. The van der Waals surface area contributed by atoms with Crippen molar-refractivity contribution in [3.05, 3.63) is 18.0 Å². The van der Waals surface area contributed by atoms with E-state index in [4.69, 9.17) is 4.74 Å². The second-order valence-corrected chi connectivity index (χ2v) is 3.54. The highest BCUT2D eigenvalue weighted by Gasteiger charge is 2.14. The van der Waals surface area contributed by atoms with Crippen molar-refractivity contribution < 1.29 is 4.74 Å². The Kier molecular flexibility index (Phi) is 5.36. The lowest BCUT2D eigenvalue weighted by Gasteiger charge is -2.18. The fourth-order valence-corrected chi connectivity index (χ4v) is 1.70. The van der Waals surface area contributed by atoms with E-state index in [0.29, 0.717) is 6.61 Å². The molecule has 0 fully saturated rings. The monoisotopic (exact) mass is 211 g/mol. The zero-order chi connectivity index (χ0) is 11.1. The van der Waals surface area contributed by atoms with Crippen molar-refractivity contribution in [2.75, 3.05) is 20.3 Å². The van der Waals surface area contributed by atoms with E-state index in [1.165, 1.54) is 5.69 Å². The number of hydrogen-bond acceptors (Lipinski definition) is 3. The molecule has 4 nitrogen and oxygen atoms in total. The average molecular weight is 211 g/mol. The molecule has 0 spiro atoms. The molecule has 0 aliphatic carbocycles. The van der Waals surface area contributed by atoms with Crippen molar-refractivity contribution in [2.45, 2.75) is 32.9 Å². The molecule has 4 heteroatoms. The molecule has 1 unspecified atom stereocenters. The van der Waals surface area contributed by atoms with Crippen LogP contribution in [0, 0.1) is 0 Å². The highest BCUT2D eigenvalue weighted by molar-refractivity contribution is 5.07. The van der Waals surface area contributed by atoms with Crippen LogP contribution in [-0.2, 0) is 11.3 Å². The van der Waals surface area contributed by atoms with E-state index in [1.54, 1.807) is 7.11 Å². The summed E-state index contributed by atoms with van der Waals surface area (Å²) >= 11 is 0. The predicted molar refractivity (Wildman–Crippen MR) is 60.8 cm³/mol. The average Bonchev–Trinajstić information content (AvgIpc) is 2.66. The van der Waals surface area contributed by atoms with E-state index < -0.39 is 0 Å². The van der Waals surface area contributed by atoms with Crippen molar-refractivity contribution in [1.29, 1.82) is 0 Å². The van der Waals surface area contributed by atoms with Crippen LogP contribution in [0.2, 0.25) is 0 Å². The second kappa shape index (κ2) is 6.58. The van der Waals surface area contributed by atoms with E-state index in [1.807, 2.05) is 10.9 Å². The minimum Gasteiger partial charge on any atom is -0.383 e. The Morgan fingerprint density at radius 1 is 1.53 bits per heavy atom. The van der Waals surface area contributed by atoms with Gasteiger partial charge < -0.3 is 10.1 Å². The van der Waals surface area contributed by atoms with Crippen molar-refractivity contribution >= 4 is 0 Å². The SMILES string of the molecule is CCCn1nccc1C(COC)NCC. The normalized spacial score (nSPS) is 13.0. The number of aromatic nitrogens is 2. The zero-order valence-electron chi connectivity index (χ0n) is 9.86. The molecule has 0 aromatic carbocycles. The third kappa shape index (κ3) is 3.32. The van der Waals surface area contributed by atoms with Crippen LogP contribution in [-0.4, -0.2) is 30.0 Å². The predicted octanol–water partition coefficient (Wildman–Crippen LogP) is 1.59. The fraction of sp³-hybridized carbons (Fsp3) is 0.727. The highest BCUT2D eigenvalue weighted by Crippen LogP contribution is 2.13. The Bertz CT molecular complexity index is 267. The van der Waals surface area contributed by atoms with Gasteiger partial charge in [0.1, 0.15) is 0 Å². The van der Waals surface area contributed by atoms with Gasteiger partial charge >= 0.3 is 0 Å². The van der Waals surface area contributed by atoms with Gasteiger partial charge in [0.2, 0.25) is 0 Å². The third-order valence-electron chi connectivity index (χ3n) is 2.33. The highest BCUT2D eigenvalue weighted by atomic mass is 16.5. The fourth-order valence-electron chi connectivity index (χ4n) is 1.70. The van der Waals surface area contributed by atoms with Crippen LogP contribution in [0.4, 0.5) is 0 Å². The molecular formula is C11H21N3O. The lowest BCUT2D eigenvalue weighted by molar-refractivity contribution is 0.164. The van der Waals surface area contributed by atoms with Crippen LogP contribution in [0.5, 0.6) is 0 Å². The molecule has 0 aliphatic rings. The van der Waals surface area contributed by atoms with Crippen LogP contribution in [0.1, 0.15) is 32.0 Å². The minimum absolute atomic E-state index is 0.244. The number of nitrogens with zero attached hydrogens (tertiary/aromatic N) is 2. The molecule has 0 radical (unpaired) electrons. The molecule has 0 saturated heterocycles. The Balaban J connectivity index is 2.74. The number of rotatable bonds is 7. The van der Waals surface area contributed by atoms with Crippen LogP contribution in [0.15, 0.2) is 12.3 Å². The molecule has 15 heavy (non-hydrogen) atoms. The Morgan fingerprint density at radius 2 is 2.33 bits per heavy atom. The lowest BCUT2D eigenvalue weighted by atomic mass is 10.2. The summed E-state index contributed by atoms with van der Waals surface area (Å²) in [5, 5.41) is 7.71. The van der Waals surface area contributed by atoms with Gasteiger partial charge in [0.05, 0.1) is 18.3 Å². The number of nitrogens with one attached hydrogen (secondary N) is 1. The number of hydrogen-bond donors (Lipinski definition) is 1. The molecule has 0 amide bonds. The summed E-state index contributed by atoms with van der Waals surface area (Å²) in [4.78, 5) is 0. The minimum atomic E-state index is 0.244. The molecule has 0 saturated carbocycles. The Morgan fingerprint density at radius 3 is 2.93 bits per heavy atom. The maximum atomic E-state index is 5.21. The summed E-state index contributed by atoms with van der Waals surface area (Å²) in [5.74, 6) is 0. The zero-order valence-corrected chi connectivity index (χ0v) is 9.86. The number of aryl methyl sites for hydroxylation is 1. The summed E-state index contributed by atoms with van der Waals surface area (Å²) in [6, 6.07) is 2.30. The smallest absolute Gasteiger partial charge is 0.0729 e. The maximum absolute atomic E-state index is 5.21. The van der Waals surface area contributed by atoms with Crippen molar-refractivity contribution in [2.24, 2.45) is 0 Å². The van der Waals surface area contributed by atoms with Gasteiger partial charge in [0, 0.05) is 19.9 Å². The van der Waals surface area contributed by atoms with E-state index >= 15 is 0 Å². The number of ether oxygens (including phenoxy) is 1. The van der Waals surface area contributed by atoms with Crippen molar-refractivity contribution in [3.8, 4) is 0 Å². The van der Waals surface area contributed by atoms with E-state index in [9.17, 15) is 0 Å². The molecule has 1 aromatic rings. The summed E-state index contributed by atoms with van der Waals surface area (Å²) in [6.07, 6.45) is 2.95. The maximum Gasteiger partial charge on any atom is 0.0729 e. The van der Waals surface area contributed by atoms with Gasteiger partial charge in [0.15, 0.2) is 0 Å². The molecule has 86 valence electrons. The van der Waals surface area contributed by atoms with Crippen LogP contribution < -0.4 is 5.32 Å². The molecule has 1 N–H and O–H groups in total. The second-order valence-electron chi connectivity index (χ2n) is 3.54. The van der Waals surface area contributed by atoms with Gasteiger partial charge in [0.25, 0.3) is 0 Å². The summed E-state index contributed by atoms with van der Waals surface area (Å²) in [6.45, 7) is 6.84. The summed E-state index contributed by atoms with van der Waals surface area (Å²) in [5.41, 5.74) is 1.21. The van der Waals surface area contributed by atoms with Gasteiger partial charge in [-0.1, -0.05) is 13.8 Å². The van der Waals surface area contributed by atoms with Crippen molar-refractivity contribution in [3.63, 3.8) is 0 Å². The van der Waals surface area contributed by atoms with Crippen molar-refractivity contribution in [1.82, 2.24) is 15.1 Å². The van der Waals surface area contributed by atoms with Crippen LogP contribution >= 0.6 is 0 Å². The van der Waals surface area contributed by atoms with Crippen LogP contribution in [0.25, 0.3) is 0 Å². The summed E-state index contributed by atoms with van der Waals surface area (Å²) < 4.78 is 7.26. The number of methoxy groups -OCH3 is 1. The first kappa shape index (κ1) is 12.2. The first-order valence-electron chi connectivity index (χ1n) is 5.57. The quantitative estimate of drug-likeness (QED) is 0.744. The van der Waals surface area contributed by atoms with E-state index in [2.05, 4.69) is 30.3 Å². The molecular weight excluding hydrogens is 190 g/mol.